The van der Waals surface area contributed by atoms with Crippen LogP contribution in [0.25, 0.3) is 11.3 Å². The van der Waals surface area contributed by atoms with Crippen LogP contribution in [-0.2, 0) is 12.4 Å². The van der Waals surface area contributed by atoms with Crippen molar-refractivity contribution in [3.05, 3.63) is 65.7 Å². The zero-order valence-electron chi connectivity index (χ0n) is 14.7. The topological polar surface area (TPSA) is 44.2 Å². The standard InChI is InChI=1S/C19H12F6N2O2/c1-28-16-10-15(11-5-7-12(8-6-11)18(20,21)22)26-17(27-16)29-14-4-2-3-13(9-14)19(23,24)25/h2-10H,1H3. The Hall–Kier alpha value is -3.30. The summed E-state index contributed by atoms with van der Waals surface area (Å²) >= 11 is 0. The van der Waals surface area contributed by atoms with E-state index >= 15 is 0 Å². The summed E-state index contributed by atoms with van der Waals surface area (Å²) in [5.74, 6) is -0.136. The van der Waals surface area contributed by atoms with E-state index in [4.69, 9.17) is 9.47 Å². The number of alkyl halides is 6. The lowest BCUT2D eigenvalue weighted by Crippen LogP contribution is -2.05. The Labute approximate surface area is 160 Å². The van der Waals surface area contributed by atoms with Gasteiger partial charge in [-0.2, -0.15) is 36.3 Å². The zero-order valence-corrected chi connectivity index (χ0v) is 14.7. The molecule has 2 aromatic carbocycles. The van der Waals surface area contributed by atoms with Crippen molar-refractivity contribution >= 4 is 0 Å². The minimum Gasteiger partial charge on any atom is -0.481 e. The number of hydrogen-bond donors (Lipinski definition) is 0. The van der Waals surface area contributed by atoms with Gasteiger partial charge in [0.1, 0.15) is 5.75 Å². The highest BCUT2D eigenvalue weighted by Gasteiger charge is 2.31. The molecule has 0 aliphatic heterocycles. The summed E-state index contributed by atoms with van der Waals surface area (Å²) in [5, 5.41) is 0. The molecule has 1 heterocycles. The van der Waals surface area contributed by atoms with E-state index in [0.717, 1.165) is 30.3 Å². The van der Waals surface area contributed by atoms with Crippen molar-refractivity contribution < 1.29 is 35.8 Å². The van der Waals surface area contributed by atoms with Crippen LogP contribution in [0.4, 0.5) is 26.3 Å². The summed E-state index contributed by atoms with van der Waals surface area (Å²) in [6.07, 6.45) is -9.04. The normalized spacial score (nSPS) is 12.0. The zero-order chi connectivity index (χ0) is 21.2. The molecule has 3 rings (SSSR count). The average Bonchev–Trinajstić information content (AvgIpc) is 2.66. The molecule has 0 bridgehead atoms. The molecule has 0 fully saturated rings. The molecule has 0 spiro atoms. The Morgan fingerprint density at radius 1 is 0.759 bits per heavy atom. The highest BCUT2D eigenvalue weighted by atomic mass is 19.4. The molecule has 0 saturated carbocycles. The Bertz CT molecular complexity index is 1000. The van der Waals surface area contributed by atoms with Crippen LogP contribution in [0.2, 0.25) is 0 Å². The minimum absolute atomic E-state index is 0.0249. The minimum atomic E-state index is -4.56. The molecule has 0 N–H and O–H groups in total. The van der Waals surface area contributed by atoms with E-state index in [2.05, 4.69) is 9.97 Å². The van der Waals surface area contributed by atoms with Crippen LogP contribution in [0.1, 0.15) is 11.1 Å². The van der Waals surface area contributed by atoms with Crippen molar-refractivity contribution in [2.24, 2.45) is 0 Å². The molecule has 0 amide bonds. The molecular weight excluding hydrogens is 402 g/mol. The van der Waals surface area contributed by atoms with Gasteiger partial charge in [0, 0.05) is 11.6 Å². The van der Waals surface area contributed by atoms with Crippen LogP contribution >= 0.6 is 0 Å². The molecule has 29 heavy (non-hydrogen) atoms. The third-order valence-corrected chi connectivity index (χ3v) is 3.77. The lowest BCUT2D eigenvalue weighted by molar-refractivity contribution is -0.138. The van der Waals surface area contributed by atoms with Gasteiger partial charge in [-0.05, 0) is 30.3 Å². The van der Waals surface area contributed by atoms with Crippen molar-refractivity contribution in [2.75, 3.05) is 7.11 Å². The summed E-state index contributed by atoms with van der Waals surface area (Å²) in [7, 11) is 1.30. The first-order chi connectivity index (χ1) is 13.6. The van der Waals surface area contributed by atoms with Gasteiger partial charge >= 0.3 is 18.4 Å². The maximum Gasteiger partial charge on any atom is 0.416 e. The number of rotatable bonds is 4. The maximum absolute atomic E-state index is 12.8. The monoisotopic (exact) mass is 414 g/mol. The van der Waals surface area contributed by atoms with Crippen LogP contribution < -0.4 is 9.47 Å². The van der Waals surface area contributed by atoms with Crippen LogP contribution in [0.3, 0.4) is 0 Å². The van der Waals surface area contributed by atoms with Crippen LogP contribution in [-0.4, -0.2) is 17.1 Å². The maximum atomic E-state index is 12.8. The molecule has 4 nitrogen and oxygen atoms in total. The number of ether oxygens (including phenoxy) is 2. The largest absolute Gasteiger partial charge is 0.481 e. The smallest absolute Gasteiger partial charge is 0.416 e. The average molecular weight is 414 g/mol. The van der Waals surface area contributed by atoms with Gasteiger partial charge in [0.2, 0.25) is 5.88 Å². The SMILES string of the molecule is COc1cc(-c2ccc(C(F)(F)F)cc2)nc(Oc2cccc(C(F)(F)F)c2)n1. The quantitative estimate of drug-likeness (QED) is 0.493. The van der Waals surface area contributed by atoms with Gasteiger partial charge in [-0.25, -0.2) is 0 Å². The van der Waals surface area contributed by atoms with Crippen LogP contribution in [0.15, 0.2) is 54.6 Å². The summed E-state index contributed by atoms with van der Waals surface area (Å²) in [4.78, 5) is 7.96. The molecular formula is C19H12F6N2O2. The number of methoxy groups -OCH3 is 1. The highest BCUT2D eigenvalue weighted by Crippen LogP contribution is 2.34. The summed E-state index contributed by atoms with van der Waals surface area (Å²) in [5.41, 5.74) is -1.26. The number of halogens is 6. The Morgan fingerprint density at radius 3 is 2.00 bits per heavy atom. The number of hydrogen-bond acceptors (Lipinski definition) is 4. The summed E-state index contributed by atoms with van der Waals surface area (Å²) in [6.45, 7) is 0. The molecule has 10 heteroatoms. The number of nitrogens with zero attached hydrogens (tertiary/aromatic N) is 2. The molecule has 0 saturated heterocycles. The van der Waals surface area contributed by atoms with Crippen molar-refractivity contribution in [3.63, 3.8) is 0 Å². The second kappa shape index (κ2) is 7.61. The fourth-order valence-electron chi connectivity index (χ4n) is 2.37. The molecule has 0 unspecified atom stereocenters. The molecule has 0 radical (unpaired) electrons. The van der Waals surface area contributed by atoms with E-state index in [0.29, 0.717) is 5.56 Å². The fraction of sp³-hybridized carbons (Fsp3) is 0.158. The van der Waals surface area contributed by atoms with Crippen molar-refractivity contribution in [1.82, 2.24) is 9.97 Å². The van der Waals surface area contributed by atoms with Gasteiger partial charge in [0.15, 0.2) is 0 Å². The van der Waals surface area contributed by atoms with E-state index in [1.165, 1.54) is 31.4 Å². The van der Waals surface area contributed by atoms with Crippen molar-refractivity contribution in [1.29, 1.82) is 0 Å². The third kappa shape index (κ3) is 4.95. The Balaban J connectivity index is 1.94. The first-order valence-electron chi connectivity index (χ1n) is 8.02. The van der Waals surface area contributed by atoms with Crippen LogP contribution in [0, 0.1) is 0 Å². The molecule has 152 valence electrons. The van der Waals surface area contributed by atoms with E-state index < -0.39 is 23.5 Å². The number of aromatic nitrogens is 2. The van der Waals surface area contributed by atoms with E-state index in [1.807, 2.05) is 0 Å². The molecule has 0 aliphatic carbocycles. The van der Waals surface area contributed by atoms with Gasteiger partial charge in [-0.15, -0.1) is 0 Å². The lowest BCUT2D eigenvalue weighted by Gasteiger charge is -2.11. The Morgan fingerprint density at radius 2 is 1.41 bits per heavy atom. The molecule has 1 aromatic heterocycles. The van der Waals surface area contributed by atoms with Crippen LogP contribution in [0.5, 0.6) is 17.6 Å². The lowest BCUT2D eigenvalue weighted by atomic mass is 10.1. The predicted octanol–water partition coefficient (Wildman–Crippen LogP) is 5.98. The van der Waals surface area contributed by atoms with Gasteiger partial charge in [0.25, 0.3) is 0 Å². The summed E-state index contributed by atoms with van der Waals surface area (Å²) in [6, 6.07) is 9.34. The second-order valence-corrected chi connectivity index (χ2v) is 5.78. The van der Waals surface area contributed by atoms with Gasteiger partial charge in [0.05, 0.1) is 23.9 Å². The molecule has 3 aromatic rings. The second-order valence-electron chi connectivity index (χ2n) is 5.78. The Kier molecular flexibility index (Phi) is 5.36. The third-order valence-electron chi connectivity index (χ3n) is 3.77. The first kappa shape index (κ1) is 20.4. The summed E-state index contributed by atoms with van der Waals surface area (Å²) < 4.78 is 87.0. The van der Waals surface area contributed by atoms with Gasteiger partial charge < -0.3 is 9.47 Å². The molecule has 0 atom stereocenters. The molecule has 0 aliphatic rings. The number of benzene rings is 2. The first-order valence-corrected chi connectivity index (χ1v) is 8.02. The van der Waals surface area contributed by atoms with Crippen molar-refractivity contribution in [2.45, 2.75) is 12.4 Å². The highest BCUT2D eigenvalue weighted by molar-refractivity contribution is 5.61. The van der Waals surface area contributed by atoms with Gasteiger partial charge in [-0.1, -0.05) is 18.2 Å². The fourth-order valence-corrected chi connectivity index (χ4v) is 2.37. The van der Waals surface area contributed by atoms with Crippen molar-refractivity contribution in [3.8, 4) is 28.9 Å². The van der Waals surface area contributed by atoms with E-state index in [9.17, 15) is 26.3 Å². The predicted molar refractivity (Wildman–Crippen MR) is 90.5 cm³/mol. The van der Waals surface area contributed by atoms with E-state index in [-0.39, 0.29) is 23.3 Å². The van der Waals surface area contributed by atoms with E-state index in [1.54, 1.807) is 0 Å². The van der Waals surface area contributed by atoms with Gasteiger partial charge in [-0.3, -0.25) is 0 Å².